The quantitative estimate of drug-likeness (QED) is 0.728. The van der Waals surface area contributed by atoms with E-state index in [9.17, 15) is 9.90 Å². The molecule has 2 amide bonds. The van der Waals surface area contributed by atoms with E-state index in [1.807, 2.05) is 31.3 Å². The number of rotatable bonds is 7. The van der Waals surface area contributed by atoms with Crippen molar-refractivity contribution < 1.29 is 14.6 Å². The van der Waals surface area contributed by atoms with Crippen molar-refractivity contribution in [3.63, 3.8) is 0 Å². The first-order valence-electron chi connectivity index (χ1n) is 8.24. The van der Waals surface area contributed by atoms with E-state index in [2.05, 4.69) is 10.3 Å². The number of ether oxygens (including phenoxy) is 1. The van der Waals surface area contributed by atoms with Crippen LogP contribution in [0, 0.1) is 0 Å². The number of urea groups is 1. The molecule has 2 aromatic rings. The molecule has 0 bridgehead atoms. The van der Waals surface area contributed by atoms with Crippen molar-refractivity contribution in [3.8, 4) is 5.75 Å². The number of nitrogens with one attached hydrogen (secondary N) is 2. The summed E-state index contributed by atoms with van der Waals surface area (Å²) in [5.74, 6) is 0.826. The third kappa shape index (κ3) is 4.41. The Labute approximate surface area is 142 Å². The van der Waals surface area contributed by atoms with Crippen molar-refractivity contribution in [3.05, 3.63) is 30.0 Å². The molecule has 0 fully saturated rings. The zero-order chi connectivity index (χ0) is 17.7. The van der Waals surface area contributed by atoms with Crippen molar-refractivity contribution in [1.29, 1.82) is 0 Å². The fraction of sp³-hybridized carbons (Fsp3) is 0.500. The van der Waals surface area contributed by atoms with Gasteiger partial charge in [-0.05, 0) is 44.9 Å². The molecule has 132 valence electrons. The summed E-state index contributed by atoms with van der Waals surface area (Å²) in [5, 5.41) is 13.9. The van der Waals surface area contributed by atoms with E-state index in [0.717, 1.165) is 22.2 Å². The van der Waals surface area contributed by atoms with Crippen LogP contribution in [0.15, 0.2) is 24.4 Å². The van der Waals surface area contributed by atoms with E-state index in [-0.39, 0.29) is 6.03 Å². The molecule has 0 aliphatic heterocycles. The smallest absolute Gasteiger partial charge is 0.317 e. The minimum atomic E-state index is -0.905. The number of aliphatic hydroxyl groups is 1. The van der Waals surface area contributed by atoms with Gasteiger partial charge in [0.25, 0.3) is 0 Å². The standard InChI is InChI=1S/C18H27N3O3/c1-5-21(12-18(2,3)23)17(22)19-10-9-13-11-20-14-7-6-8-15(24-4)16(13)14/h6-8,11,20,23H,5,9-10,12H2,1-4H3,(H,19,22). The number of hydrogen-bond donors (Lipinski definition) is 3. The number of likely N-dealkylation sites (N-methyl/N-ethyl adjacent to an activating group) is 1. The molecule has 1 aromatic heterocycles. The van der Waals surface area contributed by atoms with Crippen LogP contribution in [0.5, 0.6) is 5.75 Å². The van der Waals surface area contributed by atoms with E-state index < -0.39 is 5.60 Å². The normalized spacial score (nSPS) is 11.5. The first-order valence-corrected chi connectivity index (χ1v) is 8.24. The predicted molar refractivity (Wildman–Crippen MR) is 95.5 cm³/mol. The van der Waals surface area contributed by atoms with Crippen molar-refractivity contribution in [1.82, 2.24) is 15.2 Å². The number of fused-ring (bicyclic) bond motifs is 1. The van der Waals surface area contributed by atoms with Crippen molar-refractivity contribution in [2.75, 3.05) is 26.7 Å². The molecule has 2 rings (SSSR count). The second kappa shape index (κ2) is 7.57. The van der Waals surface area contributed by atoms with E-state index in [1.54, 1.807) is 25.9 Å². The summed E-state index contributed by atoms with van der Waals surface area (Å²) in [7, 11) is 1.66. The number of nitrogens with zero attached hydrogens (tertiary/aromatic N) is 1. The molecule has 3 N–H and O–H groups in total. The van der Waals surface area contributed by atoms with E-state index in [1.165, 1.54) is 0 Å². The minimum absolute atomic E-state index is 0.161. The number of carbonyl (C=O) groups excluding carboxylic acids is 1. The number of aromatic amines is 1. The molecule has 0 spiro atoms. The highest BCUT2D eigenvalue weighted by molar-refractivity contribution is 5.89. The third-order valence-corrected chi connectivity index (χ3v) is 3.89. The summed E-state index contributed by atoms with van der Waals surface area (Å²) in [6, 6.07) is 5.72. The Bertz CT molecular complexity index is 688. The molecule has 6 heteroatoms. The second-order valence-electron chi connectivity index (χ2n) is 6.51. The second-order valence-corrected chi connectivity index (χ2v) is 6.51. The molecule has 0 saturated carbocycles. The van der Waals surface area contributed by atoms with Gasteiger partial charge in [0.1, 0.15) is 5.75 Å². The molecular formula is C18H27N3O3. The van der Waals surface area contributed by atoms with Gasteiger partial charge < -0.3 is 25.0 Å². The van der Waals surface area contributed by atoms with Crippen LogP contribution in [0.4, 0.5) is 4.79 Å². The van der Waals surface area contributed by atoms with Crippen LogP contribution < -0.4 is 10.1 Å². The summed E-state index contributed by atoms with van der Waals surface area (Å²) < 4.78 is 5.42. The molecule has 0 saturated heterocycles. The zero-order valence-electron chi connectivity index (χ0n) is 14.8. The van der Waals surface area contributed by atoms with Gasteiger partial charge in [-0.15, -0.1) is 0 Å². The van der Waals surface area contributed by atoms with Crippen LogP contribution in [0.25, 0.3) is 10.9 Å². The SMILES string of the molecule is CCN(CC(C)(C)O)C(=O)NCCc1c[nH]c2cccc(OC)c12. The lowest BCUT2D eigenvalue weighted by molar-refractivity contribution is 0.0480. The van der Waals surface area contributed by atoms with E-state index >= 15 is 0 Å². The Morgan fingerprint density at radius 1 is 1.42 bits per heavy atom. The van der Waals surface area contributed by atoms with Crippen molar-refractivity contribution in [2.24, 2.45) is 0 Å². The number of benzene rings is 1. The Balaban J connectivity index is 1.98. The van der Waals surface area contributed by atoms with Crippen LogP contribution in [0.3, 0.4) is 0 Å². The number of H-pyrrole nitrogens is 1. The third-order valence-electron chi connectivity index (χ3n) is 3.89. The first-order chi connectivity index (χ1) is 11.4. The Kier molecular flexibility index (Phi) is 5.72. The summed E-state index contributed by atoms with van der Waals surface area (Å²) in [5.41, 5.74) is 1.22. The monoisotopic (exact) mass is 333 g/mol. The molecule has 24 heavy (non-hydrogen) atoms. The number of aromatic nitrogens is 1. The van der Waals surface area contributed by atoms with Gasteiger partial charge in [-0.25, -0.2) is 4.79 Å². The van der Waals surface area contributed by atoms with Crippen LogP contribution in [-0.4, -0.2) is 53.4 Å². The summed E-state index contributed by atoms with van der Waals surface area (Å²) in [4.78, 5) is 17.1. The fourth-order valence-electron chi connectivity index (χ4n) is 2.80. The van der Waals surface area contributed by atoms with Gasteiger partial charge in [0, 0.05) is 30.2 Å². The van der Waals surface area contributed by atoms with Gasteiger partial charge >= 0.3 is 6.03 Å². The van der Waals surface area contributed by atoms with Crippen molar-refractivity contribution in [2.45, 2.75) is 32.8 Å². The lowest BCUT2D eigenvalue weighted by Gasteiger charge is -2.28. The number of hydrogen-bond acceptors (Lipinski definition) is 3. The number of methoxy groups -OCH3 is 1. The maximum Gasteiger partial charge on any atom is 0.317 e. The molecule has 0 aliphatic carbocycles. The molecule has 1 aromatic carbocycles. The Morgan fingerprint density at radius 3 is 2.79 bits per heavy atom. The molecule has 0 atom stereocenters. The Morgan fingerprint density at radius 2 is 2.17 bits per heavy atom. The minimum Gasteiger partial charge on any atom is -0.496 e. The molecule has 0 aliphatic rings. The van der Waals surface area contributed by atoms with Gasteiger partial charge in [-0.3, -0.25) is 0 Å². The van der Waals surface area contributed by atoms with Gasteiger partial charge in [0.2, 0.25) is 0 Å². The van der Waals surface area contributed by atoms with E-state index in [4.69, 9.17) is 4.74 Å². The topological polar surface area (TPSA) is 77.6 Å². The number of amides is 2. The van der Waals surface area contributed by atoms with Crippen LogP contribution in [-0.2, 0) is 6.42 Å². The van der Waals surface area contributed by atoms with Crippen LogP contribution >= 0.6 is 0 Å². The van der Waals surface area contributed by atoms with Gasteiger partial charge in [-0.2, -0.15) is 0 Å². The highest BCUT2D eigenvalue weighted by Gasteiger charge is 2.21. The lowest BCUT2D eigenvalue weighted by Crippen LogP contribution is -2.47. The fourth-order valence-corrected chi connectivity index (χ4v) is 2.80. The summed E-state index contributed by atoms with van der Waals surface area (Å²) in [6.07, 6.45) is 2.65. The highest BCUT2D eigenvalue weighted by atomic mass is 16.5. The molecule has 1 heterocycles. The molecule has 6 nitrogen and oxygen atoms in total. The first kappa shape index (κ1) is 18.1. The molecule has 0 unspecified atom stereocenters. The maximum absolute atomic E-state index is 12.2. The number of carbonyl (C=O) groups is 1. The van der Waals surface area contributed by atoms with Gasteiger partial charge in [0.05, 0.1) is 19.3 Å². The predicted octanol–water partition coefficient (Wildman–Crippen LogP) is 2.52. The van der Waals surface area contributed by atoms with Crippen LogP contribution in [0.1, 0.15) is 26.3 Å². The zero-order valence-corrected chi connectivity index (χ0v) is 14.8. The van der Waals surface area contributed by atoms with Crippen LogP contribution in [0.2, 0.25) is 0 Å². The van der Waals surface area contributed by atoms with Crippen molar-refractivity contribution >= 4 is 16.9 Å². The lowest BCUT2D eigenvalue weighted by atomic mass is 10.1. The van der Waals surface area contributed by atoms with Gasteiger partial charge in [-0.1, -0.05) is 6.07 Å². The largest absolute Gasteiger partial charge is 0.496 e. The average Bonchev–Trinajstić information content (AvgIpc) is 2.95. The maximum atomic E-state index is 12.2. The van der Waals surface area contributed by atoms with E-state index in [0.29, 0.717) is 26.1 Å². The summed E-state index contributed by atoms with van der Waals surface area (Å²) in [6.45, 7) is 6.66. The van der Waals surface area contributed by atoms with Gasteiger partial charge in [0.15, 0.2) is 0 Å². The highest BCUT2D eigenvalue weighted by Crippen LogP contribution is 2.28. The average molecular weight is 333 g/mol. The molecular weight excluding hydrogens is 306 g/mol. The molecule has 0 radical (unpaired) electrons. The summed E-state index contributed by atoms with van der Waals surface area (Å²) >= 11 is 0. The Hall–Kier alpha value is -2.21.